The predicted molar refractivity (Wildman–Crippen MR) is 89.5 cm³/mol. The van der Waals surface area contributed by atoms with E-state index in [1.165, 1.54) is 6.33 Å². The van der Waals surface area contributed by atoms with Crippen LogP contribution in [0.15, 0.2) is 23.8 Å². The second-order valence-corrected chi connectivity index (χ2v) is 7.39. The van der Waals surface area contributed by atoms with E-state index in [0.717, 1.165) is 35.5 Å². The molecule has 2 aliphatic rings. The number of rotatable bonds is 2. The lowest BCUT2D eigenvalue weighted by molar-refractivity contribution is -0.118. The zero-order valence-electron chi connectivity index (χ0n) is 14.5. The number of Topliss-reactive ketones (excluding diaryl/α,β-unsaturated/α-hetero) is 1. The Morgan fingerprint density at radius 2 is 2.12 bits per heavy atom. The lowest BCUT2D eigenvalue weighted by Crippen LogP contribution is -2.36. The largest absolute Gasteiger partial charge is 0.328 e. The number of hydrogen-bond acceptors (Lipinski definition) is 5. The zero-order chi connectivity index (χ0) is 17.1. The standard InChI is InChI=1S/C17H22N6O/c1-5-22-10(2)11(8-19-22)15-14-12(6-17(3,4)7-13(14)24)21-16-18-9-20-23(15)16/h8-9,15H,5-7H2,1-4H3,(H,18,20,21). The van der Waals surface area contributed by atoms with Gasteiger partial charge in [0.2, 0.25) is 5.95 Å². The van der Waals surface area contributed by atoms with E-state index in [4.69, 9.17) is 0 Å². The predicted octanol–water partition coefficient (Wildman–Crippen LogP) is 2.46. The molecule has 0 saturated heterocycles. The van der Waals surface area contributed by atoms with Crippen LogP contribution in [0.5, 0.6) is 0 Å². The summed E-state index contributed by atoms with van der Waals surface area (Å²) in [5.41, 5.74) is 3.83. The van der Waals surface area contributed by atoms with Crippen molar-refractivity contribution >= 4 is 11.7 Å². The van der Waals surface area contributed by atoms with E-state index in [9.17, 15) is 4.79 Å². The minimum Gasteiger partial charge on any atom is -0.328 e. The second-order valence-electron chi connectivity index (χ2n) is 7.39. The van der Waals surface area contributed by atoms with Crippen molar-refractivity contribution in [2.24, 2.45) is 5.41 Å². The molecule has 1 aliphatic heterocycles. The van der Waals surface area contributed by atoms with Gasteiger partial charge < -0.3 is 5.32 Å². The van der Waals surface area contributed by atoms with Crippen LogP contribution in [0.1, 0.15) is 50.9 Å². The van der Waals surface area contributed by atoms with Crippen LogP contribution in [0.25, 0.3) is 0 Å². The van der Waals surface area contributed by atoms with Gasteiger partial charge in [0.15, 0.2) is 5.78 Å². The first-order valence-corrected chi connectivity index (χ1v) is 8.36. The van der Waals surface area contributed by atoms with Crippen LogP contribution < -0.4 is 5.32 Å². The number of ketones is 1. The van der Waals surface area contributed by atoms with Crippen LogP contribution in [-0.4, -0.2) is 30.3 Å². The van der Waals surface area contributed by atoms with E-state index in [1.54, 1.807) is 4.68 Å². The zero-order valence-corrected chi connectivity index (χ0v) is 14.5. The molecule has 1 unspecified atom stereocenters. The van der Waals surface area contributed by atoms with Gasteiger partial charge in [-0.05, 0) is 25.7 Å². The molecule has 2 aromatic heterocycles. The number of anilines is 1. The summed E-state index contributed by atoms with van der Waals surface area (Å²) in [6.45, 7) is 9.16. The molecule has 24 heavy (non-hydrogen) atoms. The van der Waals surface area contributed by atoms with Gasteiger partial charge in [0.05, 0.1) is 6.20 Å². The Balaban J connectivity index is 1.91. The first-order valence-electron chi connectivity index (χ1n) is 8.36. The van der Waals surface area contributed by atoms with Gasteiger partial charge in [-0.2, -0.15) is 15.2 Å². The van der Waals surface area contributed by atoms with Gasteiger partial charge in [-0.1, -0.05) is 13.8 Å². The summed E-state index contributed by atoms with van der Waals surface area (Å²) in [6.07, 6.45) is 4.77. The van der Waals surface area contributed by atoms with E-state index in [1.807, 2.05) is 17.8 Å². The molecule has 4 rings (SSSR count). The maximum Gasteiger partial charge on any atom is 0.226 e. The summed E-state index contributed by atoms with van der Waals surface area (Å²) in [6, 6.07) is -0.248. The van der Waals surface area contributed by atoms with Gasteiger partial charge in [0, 0.05) is 35.5 Å². The molecular formula is C17H22N6O. The van der Waals surface area contributed by atoms with Crippen LogP contribution in [0.2, 0.25) is 0 Å². The molecule has 0 saturated carbocycles. The van der Waals surface area contributed by atoms with Gasteiger partial charge >= 0.3 is 0 Å². The second kappa shape index (κ2) is 5.03. The average molecular weight is 326 g/mol. The smallest absolute Gasteiger partial charge is 0.226 e. The first kappa shape index (κ1) is 15.1. The van der Waals surface area contributed by atoms with Crippen LogP contribution in [0.4, 0.5) is 5.95 Å². The summed E-state index contributed by atoms with van der Waals surface area (Å²) in [7, 11) is 0. The fraction of sp³-hybridized carbons (Fsp3) is 0.529. The van der Waals surface area contributed by atoms with Crippen LogP contribution in [0, 0.1) is 12.3 Å². The number of fused-ring (bicyclic) bond motifs is 1. The maximum atomic E-state index is 13.0. The molecule has 1 aliphatic carbocycles. The molecule has 7 heteroatoms. The van der Waals surface area contributed by atoms with E-state index >= 15 is 0 Å². The highest BCUT2D eigenvalue weighted by atomic mass is 16.1. The number of aromatic nitrogens is 5. The summed E-state index contributed by atoms with van der Waals surface area (Å²) >= 11 is 0. The van der Waals surface area contributed by atoms with Crippen molar-refractivity contribution in [2.45, 2.75) is 53.1 Å². The first-order chi connectivity index (χ1) is 11.4. The molecular weight excluding hydrogens is 304 g/mol. The van der Waals surface area contributed by atoms with Gasteiger partial charge in [0.1, 0.15) is 12.4 Å². The quantitative estimate of drug-likeness (QED) is 0.917. The van der Waals surface area contributed by atoms with Crippen molar-refractivity contribution in [3.63, 3.8) is 0 Å². The van der Waals surface area contributed by atoms with E-state index in [2.05, 4.69) is 41.3 Å². The van der Waals surface area contributed by atoms with Crippen LogP contribution in [-0.2, 0) is 11.3 Å². The molecule has 7 nitrogen and oxygen atoms in total. The highest BCUT2D eigenvalue weighted by Gasteiger charge is 2.42. The summed E-state index contributed by atoms with van der Waals surface area (Å²) in [4.78, 5) is 17.3. The Hall–Kier alpha value is -2.44. The molecule has 0 spiro atoms. The third-order valence-electron chi connectivity index (χ3n) is 5.01. The molecule has 0 amide bonds. The summed E-state index contributed by atoms with van der Waals surface area (Å²) in [5, 5.41) is 12.2. The SMILES string of the molecule is CCn1ncc(C2C3=C(CC(C)(C)CC3=O)Nc3ncnn32)c1C. The van der Waals surface area contributed by atoms with Crippen molar-refractivity contribution in [1.82, 2.24) is 24.5 Å². The third-order valence-corrected chi connectivity index (χ3v) is 5.01. The van der Waals surface area contributed by atoms with Gasteiger partial charge in [0.25, 0.3) is 0 Å². The van der Waals surface area contributed by atoms with Gasteiger partial charge in [-0.3, -0.25) is 9.48 Å². The van der Waals surface area contributed by atoms with Crippen molar-refractivity contribution in [3.05, 3.63) is 35.1 Å². The highest BCUT2D eigenvalue weighted by Crippen LogP contribution is 2.45. The maximum absolute atomic E-state index is 13.0. The number of aryl methyl sites for hydroxylation is 1. The molecule has 0 fully saturated rings. The lowest BCUT2D eigenvalue weighted by atomic mass is 9.73. The number of carbonyl (C=O) groups excluding carboxylic acids is 1. The monoisotopic (exact) mass is 326 g/mol. The molecule has 126 valence electrons. The highest BCUT2D eigenvalue weighted by molar-refractivity contribution is 6.00. The van der Waals surface area contributed by atoms with Gasteiger partial charge in [-0.15, -0.1) is 0 Å². The summed E-state index contributed by atoms with van der Waals surface area (Å²) < 4.78 is 3.75. The Kier molecular flexibility index (Phi) is 3.16. The van der Waals surface area contributed by atoms with Crippen LogP contribution in [0.3, 0.4) is 0 Å². The van der Waals surface area contributed by atoms with Gasteiger partial charge in [-0.25, -0.2) is 4.68 Å². The van der Waals surface area contributed by atoms with Crippen molar-refractivity contribution < 1.29 is 4.79 Å². The van der Waals surface area contributed by atoms with Crippen molar-refractivity contribution in [1.29, 1.82) is 0 Å². The van der Waals surface area contributed by atoms with E-state index in [0.29, 0.717) is 12.4 Å². The molecule has 1 atom stereocenters. The molecule has 0 bridgehead atoms. The summed E-state index contributed by atoms with van der Waals surface area (Å²) in [5.74, 6) is 0.872. The molecule has 0 aromatic carbocycles. The Bertz CT molecular complexity index is 856. The molecule has 2 aromatic rings. The number of hydrogen-bond donors (Lipinski definition) is 1. The molecule has 1 N–H and O–H groups in total. The van der Waals surface area contributed by atoms with Crippen molar-refractivity contribution in [2.75, 3.05) is 5.32 Å². The molecule has 0 radical (unpaired) electrons. The minimum absolute atomic E-state index is 0.0434. The topological polar surface area (TPSA) is 77.6 Å². The number of allylic oxidation sites excluding steroid dienone is 2. The average Bonchev–Trinajstić information content (AvgIpc) is 3.10. The fourth-order valence-corrected chi connectivity index (χ4v) is 3.88. The Morgan fingerprint density at radius 1 is 1.33 bits per heavy atom. The number of nitrogens with zero attached hydrogens (tertiary/aromatic N) is 5. The van der Waals surface area contributed by atoms with Crippen LogP contribution >= 0.6 is 0 Å². The van der Waals surface area contributed by atoms with E-state index < -0.39 is 0 Å². The normalized spacial score (nSPS) is 22.2. The minimum atomic E-state index is -0.248. The Labute approximate surface area is 140 Å². The number of nitrogens with one attached hydrogen (secondary N) is 1. The number of carbonyl (C=O) groups is 1. The van der Waals surface area contributed by atoms with E-state index in [-0.39, 0.29) is 17.2 Å². The lowest BCUT2D eigenvalue weighted by Gasteiger charge is -2.38. The Morgan fingerprint density at radius 3 is 2.83 bits per heavy atom. The molecule has 3 heterocycles. The third kappa shape index (κ3) is 2.11. The fourth-order valence-electron chi connectivity index (χ4n) is 3.88. The van der Waals surface area contributed by atoms with Crippen molar-refractivity contribution in [3.8, 4) is 0 Å².